The Morgan fingerprint density at radius 2 is 1.46 bits per heavy atom. The quantitative estimate of drug-likeness (QED) is 0.571. The maximum absolute atomic E-state index is 5.58. The van der Waals surface area contributed by atoms with E-state index in [-0.39, 0.29) is 11.7 Å². The maximum atomic E-state index is 5.58. The van der Waals surface area contributed by atoms with E-state index in [4.69, 9.17) is 9.47 Å². The Morgan fingerprint density at radius 1 is 1.00 bits per heavy atom. The molecule has 0 aromatic carbocycles. The number of hydrogen-bond donors (Lipinski definition) is 0. The van der Waals surface area contributed by atoms with Gasteiger partial charge >= 0.3 is 0 Å². The fraction of sp³-hybridized carbons (Fsp3) is 1.00. The van der Waals surface area contributed by atoms with Crippen LogP contribution >= 0.6 is 0 Å². The largest absolute Gasteiger partial charge is 0.352 e. The predicted octanol–water partition coefficient (Wildman–Crippen LogP) is 3.21. The predicted molar refractivity (Wildman–Crippen MR) is 55.7 cm³/mol. The molecule has 0 unspecified atom stereocenters. The molecule has 80 valence electrons. The highest BCUT2D eigenvalue weighted by Crippen LogP contribution is 2.29. The molecule has 0 aromatic rings. The molecule has 0 spiro atoms. The van der Waals surface area contributed by atoms with Gasteiger partial charge in [-0.15, -0.1) is 0 Å². The third kappa shape index (κ3) is 4.63. The van der Waals surface area contributed by atoms with Crippen molar-refractivity contribution in [2.24, 2.45) is 5.41 Å². The third-order valence-corrected chi connectivity index (χ3v) is 2.17. The third-order valence-electron chi connectivity index (χ3n) is 2.17. The van der Waals surface area contributed by atoms with Gasteiger partial charge in [0, 0.05) is 18.6 Å². The van der Waals surface area contributed by atoms with E-state index in [9.17, 15) is 0 Å². The lowest BCUT2D eigenvalue weighted by Crippen LogP contribution is -2.34. The molecule has 0 N–H and O–H groups in total. The van der Waals surface area contributed by atoms with E-state index in [1.807, 2.05) is 13.8 Å². The summed E-state index contributed by atoms with van der Waals surface area (Å²) in [6.07, 6.45) is 2.25. The van der Waals surface area contributed by atoms with Gasteiger partial charge in [-0.3, -0.25) is 0 Å². The first-order valence-electron chi connectivity index (χ1n) is 5.31. The summed E-state index contributed by atoms with van der Waals surface area (Å²) in [7, 11) is 0. The van der Waals surface area contributed by atoms with Crippen molar-refractivity contribution in [2.75, 3.05) is 13.2 Å². The first-order valence-corrected chi connectivity index (χ1v) is 5.31. The van der Waals surface area contributed by atoms with E-state index in [2.05, 4.69) is 20.8 Å². The van der Waals surface area contributed by atoms with Crippen LogP contribution in [0.2, 0.25) is 0 Å². The van der Waals surface area contributed by atoms with Gasteiger partial charge in [-0.05, 0) is 20.3 Å². The fourth-order valence-corrected chi connectivity index (χ4v) is 1.56. The lowest BCUT2D eigenvalue weighted by molar-refractivity contribution is -0.196. The summed E-state index contributed by atoms with van der Waals surface area (Å²) in [5, 5.41) is 0. The highest BCUT2D eigenvalue weighted by molar-refractivity contribution is 4.72. The second kappa shape index (κ2) is 6.39. The van der Waals surface area contributed by atoms with Crippen LogP contribution in [0.3, 0.4) is 0 Å². The molecule has 2 heteroatoms. The van der Waals surface area contributed by atoms with Gasteiger partial charge < -0.3 is 9.47 Å². The highest BCUT2D eigenvalue weighted by atomic mass is 16.7. The van der Waals surface area contributed by atoms with Gasteiger partial charge in [0.2, 0.25) is 0 Å². The van der Waals surface area contributed by atoms with E-state index in [1.54, 1.807) is 0 Å². The van der Waals surface area contributed by atoms with Crippen LogP contribution in [0.1, 0.15) is 47.5 Å². The normalized spacial score (nSPS) is 12.5. The SMILES string of the molecule is CCCC(C)(C)C(OCC)OCC. The second-order valence-corrected chi connectivity index (χ2v) is 3.98. The van der Waals surface area contributed by atoms with Crippen LogP contribution in [-0.4, -0.2) is 19.5 Å². The van der Waals surface area contributed by atoms with Crippen LogP contribution < -0.4 is 0 Å². The number of ether oxygens (including phenoxy) is 2. The smallest absolute Gasteiger partial charge is 0.162 e. The summed E-state index contributed by atoms with van der Waals surface area (Å²) in [6.45, 7) is 12.0. The van der Waals surface area contributed by atoms with Crippen molar-refractivity contribution in [3.8, 4) is 0 Å². The molecule has 0 saturated heterocycles. The molecule has 0 rings (SSSR count). The lowest BCUT2D eigenvalue weighted by atomic mass is 9.87. The highest BCUT2D eigenvalue weighted by Gasteiger charge is 2.29. The molecule has 0 bridgehead atoms. The summed E-state index contributed by atoms with van der Waals surface area (Å²) in [5.74, 6) is 0. The molecule has 0 aliphatic carbocycles. The van der Waals surface area contributed by atoms with Crippen molar-refractivity contribution in [3.63, 3.8) is 0 Å². The minimum atomic E-state index is -0.0533. The van der Waals surface area contributed by atoms with Crippen LogP contribution in [0, 0.1) is 5.41 Å². The molecular weight excluding hydrogens is 164 g/mol. The molecule has 13 heavy (non-hydrogen) atoms. The Bertz CT molecular complexity index is 115. The van der Waals surface area contributed by atoms with Gasteiger partial charge in [-0.1, -0.05) is 27.2 Å². The van der Waals surface area contributed by atoms with Crippen LogP contribution in [0.25, 0.3) is 0 Å². The molecule has 0 amide bonds. The minimum absolute atomic E-state index is 0.0533. The van der Waals surface area contributed by atoms with E-state index < -0.39 is 0 Å². The van der Waals surface area contributed by atoms with Gasteiger partial charge in [0.1, 0.15) is 0 Å². The maximum Gasteiger partial charge on any atom is 0.162 e. The average Bonchev–Trinajstić information content (AvgIpc) is 2.04. The first kappa shape index (κ1) is 12.9. The standard InChI is InChI=1S/C11H24O2/c1-6-9-11(4,5)10(12-7-2)13-8-3/h10H,6-9H2,1-5H3. The van der Waals surface area contributed by atoms with Crippen molar-refractivity contribution in [1.82, 2.24) is 0 Å². The van der Waals surface area contributed by atoms with Gasteiger partial charge in [0.25, 0.3) is 0 Å². The lowest BCUT2D eigenvalue weighted by Gasteiger charge is -2.33. The zero-order chi connectivity index (χ0) is 10.3. The zero-order valence-corrected chi connectivity index (χ0v) is 9.72. The summed E-state index contributed by atoms with van der Waals surface area (Å²) in [6, 6.07) is 0. The minimum Gasteiger partial charge on any atom is -0.352 e. The Morgan fingerprint density at radius 3 is 1.77 bits per heavy atom. The Kier molecular flexibility index (Phi) is 6.35. The Hall–Kier alpha value is -0.0800. The van der Waals surface area contributed by atoms with E-state index in [0.717, 1.165) is 19.6 Å². The van der Waals surface area contributed by atoms with Crippen LogP contribution in [0.15, 0.2) is 0 Å². The zero-order valence-electron chi connectivity index (χ0n) is 9.72. The van der Waals surface area contributed by atoms with Crippen molar-refractivity contribution in [3.05, 3.63) is 0 Å². The van der Waals surface area contributed by atoms with Gasteiger partial charge in [0.05, 0.1) is 0 Å². The summed E-state index contributed by atoms with van der Waals surface area (Å²) < 4.78 is 11.2. The van der Waals surface area contributed by atoms with Crippen molar-refractivity contribution in [2.45, 2.75) is 53.8 Å². The summed E-state index contributed by atoms with van der Waals surface area (Å²) in [4.78, 5) is 0. The van der Waals surface area contributed by atoms with Gasteiger partial charge in [0.15, 0.2) is 6.29 Å². The van der Waals surface area contributed by atoms with E-state index in [1.165, 1.54) is 6.42 Å². The molecular formula is C11H24O2. The first-order chi connectivity index (χ1) is 6.08. The molecule has 0 aliphatic heterocycles. The molecule has 2 nitrogen and oxygen atoms in total. The second-order valence-electron chi connectivity index (χ2n) is 3.98. The molecule has 0 aromatic heterocycles. The van der Waals surface area contributed by atoms with E-state index in [0.29, 0.717) is 0 Å². The molecule has 0 heterocycles. The van der Waals surface area contributed by atoms with Gasteiger partial charge in [-0.25, -0.2) is 0 Å². The summed E-state index contributed by atoms with van der Waals surface area (Å²) >= 11 is 0. The molecule has 0 atom stereocenters. The molecule has 0 fully saturated rings. The van der Waals surface area contributed by atoms with E-state index >= 15 is 0 Å². The Labute approximate surface area is 82.6 Å². The molecule has 0 saturated carbocycles. The van der Waals surface area contributed by atoms with Gasteiger partial charge in [-0.2, -0.15) is 0 Å². The van der Waals surface area contributed by atoms with Crippen molar-refractivity contribution < 1.29 is 9.47 Å². The molecule has 0 radical (unpaired) electrons. The monoisotopic (exact) mass is 188 g/mol. The van der Waals surface area contributed by atoms with Crippen molar-refractivity contribution in [1.29, 1.82) is 0 Å². The average molecular weight is 188 g/mol. The van der Waals surface area contributed by atoms with Crippen molar-refractivity contribution >= 4 is 0 Å². The van der Waals surface area contributed by atoms with Crippen LogP contribution in [0.4, 0.5) is 0 Å². The topological polar surface area (TPSA) is 18.5 Å². The van der Waals surface area contributed by atoms with Crippen LogP contribution in [0.5, 0.6) is 0 Å². The molecule has 0 aliphatic rings. The van der Waals surface area contributed by atoms with Crippen LogP contribution in [-0.2, 0) is 9.47 Å². The Balaban J connectivity index is 4.13. The number of rotatable bonds is 7. The summed E-state index contributed by atoms with van der Waals surface area (Å²) in [5.41, 5.74) is 0.126. The fourth-order valence-electron chi connectivity index (χ4n) is 1.56. The number of hydrogen-bond acceptors (Lipinski definition) is 2.